The molecule has 8 heteroatoms. The largest absolute Gasteiger partial charge is 0.459 e. The van der Waals surface area contributed by atoms with Crippen LogP contribution in [0.25, 0.3) is 0 Å². The van der Waals surface area contributed by atoms with Crippen LogP contribution in [-0.4, -0.2) is 23.5 Å². The van der Waals surface area contributed by atoms with E-state index in [9.17, 15) is 14.4 Å². The van der Waals surface area contributed by atoms with E-state index in [4.69, 9.17) is 9.15 Å². The molecule has 0 bridgehead atoms. The van der Waals surface area contributed by atoms with Crippen molar-refractivity contribution in [3.8, 4) is 0 Å². The summed E-state index contributed by atoms with van der Waals surface area (Å²) in [5, 5.41) is 2.63. The Morgan fingerprint density at radius 3 is 2.23 bits per heavy atom. The molecule has 0 aliphatic heterocycles. The van der Waals surface area contributed by atoms with Crippen LogP contribution in [0.4, 0.5) is 4.79 Å². The predicted molar refractivity (Wildman–Crippen MR) is 93.2 cm³/mol. The maximum Gasteiger partial charge on any atom is 0.407 e. The third-order valence-corrected chi connectivity index (χ3v) is 3.09. The van der Waals surface area contributed by atoms with E-state index in [0.717, 1.165) is 5.56 Å². The van der Waals surface area contributed by atoms with Crippen molar-refractivity contribution in [2.24, 2.45) is 0 Å². The van der Waals surface area contributed by atoms with Crippen LogP contribution in [0, 0.1) is 0 Å². The Labute approximate surface area is 150 Å². The number of amides is 3. The number of hydrogen-bond acceptors (Lipinski definition) is 5. The van der Waals surface area contributed by atoms with E-state index in [-0.39, 0.29) is 12.3 Å². The van der Waals surface area contributed by atoms with Crippen LogP contribution >= 0.6 is 0 Å². The van der Waals surface area contributed by atoms with E-state index < -0.39 is 23.5 Å². The highest BCUT2D eigenvalue weighted by atomic mass is 16.6. The Bertz CT molecular complexity index is 761. The highest BCUT2D eigenvalue weighted by molar-refractivity contribution is 5.97. The lowest BCUT2D eigenvalue weighted by Gasteiger charge is -2.19. The van der Waals surface area contributed by atoms with Gasteiger partial charge >= 0.3 is 12.0 Å². The van der Waals surface area contributed by atoms with Crippen molar-refractivity contribution in [3.05, 3.63) is 59.5 Å². The second-order valence-electron chi connectivity index (χ2n) is 6.44. The highest BCUT2D eigenvalue weighted by Crippen LogP contribution is 2.08. The lowest BCUT2D eigenvalue weighted by Crippen LogP contribution is -2.41. The van der Waals surface area contributed by atoms with E-state index in [1.165, 1.54) is 12.3 Å². The first-order valence-electron chi connectivity index (χ1n) is 7.94. The Hall–Kier alpha value is -3.29. The van der Waals surface area contributed by atoms with Crippen molar-refractivity contribution in [3.63, 3.8) is 0 Å². The van der Waals surface area contributed by atoms with Crippen molar-refractivity contribution in [1.29, 1.82) is 0 Å². The Morgan fingerprint density at radius 1 is 1.00 bits per heavy atom. The van der Waals surface area contributed by atoms with Gasteiger partial charge in [0, 0.05) is 12.1 Å². The second kappa shape index (κ2) is 8.19. The van der Waals surface area contributed by atoms with Gasteiger partial charge in [0.15, 0.2) is 5.76 Å². The molecule has 138 valence electrons. The average Bonchev–Trinajstić information content (AvgIpc) is 3.11. The monoisotopic (exact) mass is 359 g/mol. The zero-order valence-electron chi connectivity index (χ0n) is 14.8. The van der Waals surface area contributed by atoms with Gasteiger partial charge in [-0.2, -0.15) is 0 Å². The molecule has 0 spiro atoms. The zero-order valence-corrected chi connectivity index (χ0v) is 14.8. The molecule has 26 heavy (non-hydrogen) atoms. The van der Waals surface area contributed by atoms with Gasteiger partial charge in [0.2, 0.25) is 0 Å². The molecule has 0 aliphatic carbocycles. The third-order valence-electron chi connectivity index (χ3n) is 3.09. The smallest absolute Gasteiger partial charge is 0.407 e. The quantitative estimate of drug-likeness (QED) is 0.726. The Balaban J connectivity index is 1.81. The number of alkyl carbamates (subject to hydrolysis) is 1. The molecule has 0 saturated heterocycles. The summed E-state index contributed by atoms with van der Waals surface area (Å²) in [4.78, 5) is 35.3. The van der Waals surface area contributed by atoms with Gasteiger partial charge in [-0.3, -0.25) is 20.4 Å². The van der Waals surface area contributed by atoms with Crippen LogP contribution in [0.2, 0.25) is 0 Å². The molecule has 8 nitrogen and oxygen atoms in total. The number of hydrogen-bond donors (Lipinski definition) is 3. The number of rotatable bonds is 4. The van der Waals surface area contributed by atoms with Crippen LogP contribution in [0.1, 0.15) is 47.2 Å². The summed E-state index contributed by atoms with van der Waals surface area (Å²) in [6.07, 6.45) is 0.848. The minimum Gasteiger partial charge on any atom is -0.459 e. The second-order valence-corrected chi connectivity index (χ2v) is 6.44. The minimum atomic E-state index is -0.563. The third kappa shape index (κ3) is 5.97. The van der Waals surface area contributed by atoms with E-state index >= 15 is 0 Å². The van der Waals surface area contributed by atoms with Gasteiger partial charge in [-0.25, -0.2) is 4.79 Å². The van der Waals surface area contributed by atoms with Crippen LogP contribution in [0.15, 0.2) is 47.1 Å². The number of furan rings is 1. The molecule has 0 radical (unpaired) electrons. The van der Waals surface area contributed by atoms with Crippen molar-refractivity contribution in [2.45, 2.75) is 32.9 Å². The molecule has 1 aromatic carbocycles. The molecule has 0 saturated carbocycles. The van der Waals surface area contributed by atoms with Gasteiger partial charge in [0.05, 0.1) is 6.26 Å². The molecular weight excluding hydrogens is 338 g/mol. The summed E-state index contributed by atoms with van der Waals surface area (Å²) >= 11 is 0. The summed E-state index contributed by atoms with van der Waals surface area (Å²) in [6, 6.07) is 9.61. The molecule has 1 aromatic heterocycles. The summed E-state index contributed by atoms with van der Waals surface area (Å²) in [6.45, 7) is 5.62. The van der Waals surface area contributed by atoms with E-state index in [2.05, 4.69) is 16.2 Å². The molecule has 3 N–H and O–H groups in total. The number of nitrogens with one attached hydrogen (secondary N) is 3. The fraction of sp³-hybridized carbons (Fsp3) is 0.278. The van der Waals surface area contributed by atoms with Gasteiger partial charge in [-0.05, 0) is 50.6 Å². The first-order valence-corrected chi connectivity index (χ1v) is 7.94. The van der Waals surface area contributed by atoms with E-state index in [0.29, 0.717) is 5.56 Å². The molecular formula is C18H21N3O5. The predicted octanol–water partition coefficient (Wildman–Crippen LogP) is 2.38. The highest BCUT2D eigenvalue weighted by Gasteiger charge is 2.16. The van der Waals surface area contributed by atoms with Crippen LogP contribution in [0.3, 0.4) is 0 Å². The standard InChI is InChI=1S/C18H21N3O5/c1-18(2,3)26-17(24)19-11-12-6-8-13(9-7-12)15(22)20-21-16(23)14-5-4-10-25-14/h4-10H,11H2,1-3H3,(H,19,24)(H,20,22)(H,21,23). The van der Waals surface area contributed by atoms with Gasteiger partial charge in [-0.15, -0.1) is 0 Å². The summed E-state index contributed by atoms with van der Waals surface area (Å²) in [7, 11) is 0. The number of carbonyl (C=O) groups is 3. The summed E-state index contributed by atoms with van der Waals surface area (Å²) < 4.78 is 10.1. The number of carbonyl (C=O) groups excluding carboxylic acids is 3. The van der Waals surface area contributed by atoms with Gasteiger partial charge < -0.3 is 14.5 Å². The maximum atomic E-state index is 12.0. The first-order chi connectivity index (χ1) is 12.2. The van der Waals surface area contributed by atoms with E-state index in [1.54, 1.807) is 51.1 Å². The molecule has 0 atom stereocenters. The van der Waals surface area contributed by atoms with Gasteiger partial charge in [0.25, 0.3) is 5.91 Å². The number of hydrazine groups is 1. The lowest BCUT2D eigenvalue weighted by atomic mass is 10.1. The lowest BCUT2D eigenvalue weighted by molar-refractivity contribution is 0.0523. The van der Waals surface area contributed by atoms with Crippen molar-refractivity contribution < 1.29 is 23.5 Å². The summed E-state index contributed by atoms with van der Waals surface area (Å²) in [5.41, 5.74) is 5.14. The van der Waals surface area contributed by atoms with Crippen molar-refractivity contribution in [2.75, 3.05) is 0 Å². The van der Waals surface area contributed by atoms with Crippen LogP contribution < -0.4 is 16.2 Å². The molecule has 1 heterocycles. The zero-order chi connectivity index (χ0) is 19.2. The number of benzene rings is 1. The maximum absolute atomic E-state index is 12.0. The topological polar surface area (TPSA) is 110 Å². The fourth-order valence-electron chi connectivity index (χ4n) is 1.92. The number of ether oxygens (including phenoxy) is 1. The first kappa shape index (κ1) is 19.0. The van der Waals surface area contributed by atoms with Crippen molar-refractivity contribution in [1.82, 2.24) is 16.2 Å². The normalized spacial score (nSPS) is 10.7. The molecule has 0 aliphatic rings. The molecule has 3 amide bonds. The molecule has 2 rings (SSSR count). The van der Waals surface area contributed by atoms with Gasteiger partial charge in [0.1, 0.15) is 5.60 Å². The van der Waals surface area contributed by atoms with E-state index in [1.807, 2.05) is 0 Å². The Morgan fingerprint density at radius 2 is 1.65 bits per heavy atom. The van der Waals surface area contributed by atoms with Crippen LogP contribution in [-0.2, 0) is 11.3 Å². The van der Waals surface area contributed by atoms with Crippen LogP contribution in [0.5, 0.6) is 0 Å². The van der Waals surface area contributed by atoms with Crippen molar-refractivity contribution >= 4 is 17.9 Å². The molecule has 0 fully saturated rings. The molecule has 2 aromatic rings. The fourth-order valence-corrected chi connectivity index (χ4v) is 1.92. The minimum absolute atomic E-state index is 0.0915. The summed E-state index contributed by atoms with van der Waals surface area (Å²) in [5.74, 6) is -0.938. The SMILES string of the molecule is CC(C)(C)OC(=O)NCc1ccc(C(=O)NNC(=O)c2ccco2)cc1. The molecule has 0 unspecified atom stereocenters. The van der Waals surface area contributed by atoms with Gasteiger partial charge in [-0.1, -0.05) is 12.1 Å². The average molecular weight is 359 g/mol. The Kier molecular flexibility index (Phi) is 6.00.